The second-order valence-electron chi connectivity index (χ2n) is 5.87. The van der Waals surface area contributed by atoms with Gasteiger partial charge in [0.15, 0.2) is 0 Å². The first-order chi connectivity index (χ1) is 13.2. The van der Waals surface area contributed by atoms with E-state index in [1.54, 1.807) is 18.3 Å². The Labute approximate surface area is 165 Å². The molecule has 2 aromatic carbocycles. The standard InChI is InChI=1S/C19H14ClF3N2O2S/c20-16-5-7-17(8-6-16)25(13-14-2-1-11-24-12-14)28(26,27)18-9-3-15(4-10-18)19(21,22)23/h1-12H,13H2. The molecule has 0 spiro atoms. The van der Waals surface area contributed by atoms with Crippen molar-refractivity contribution in [2.75, 3.05) is 4.31 Å². The van der Waals surface area contributed by atoms with Gasteiger partial charge in [0, 0.05) is 17.4 Å². The molecule has 9 heteroatoms. The zero-order chi connectivity index (χ0) is 20.4. The quantitative estimate of drug-likeness (QED) is 0.567. The summed E-state index contributed by atoms with van der Waals surface area (Å²) in [7, 11) is -4.13. The van der Waals surface area contributed by atoms with Crippen molar-refractivity contribution in [3.05, 3.63) is 89.2 Å². The predicted molar refractivity (Wildman–Crippen MR) is 101 cm³/mol. The van der Waals surface area contributed by atoms with Gasteiger partial charge in [-0.1, -0.05) is 17.7 Å². The second-order valence-corrected chi connectivity index (χ2v) is 8.17. The van der Waals surface area contributed by atoms with Crippen LogP contribution in [-0.4, -0.2) is 13.4 Å². The van der Waals surface area contributed by atoms with Crippen molar-refractivity contribution >= 4 is 27.3 Å². The minimum atomic E-state index is -4.55. The van der Waals surface area contributed by atoms with Gasteiger partial charge in [0.25, 0.3) is 10.0 Å². The molecule has 0 N–H and O–H groups in total. The van der Waals surface area contributed by atoms with E-state index in [4.69, 9.17) is 11.6 Å². The first-order valence-electron chi connectivity index (χ1n) is 8.02. The summed E-state index contributed by atoms with van der Waals surface area (Å²) in [6.07, 6.45) is -1.47. The Bertz CT molecular complexity index is 1040. The van der Waals surface area contributed by atoms with Gasteiger partial charge in [-0.25, -0.2) is 8.42 Å². The van der Waals surface area contributed by atoms with E-state index in [2.05, 4.69) is 4.98 Å². The Morgan fingerprint density at radius 1 is 0.964 bits per heavy atom. The summed E-state index contributed by atoms with van der Waals surface area (Å²) in [5.74, 6) is 0. The highest BCUT2D eigenvalue weighted by atomic mass is 35.5. The van der Waals surface area contributed by atoms with Crippen LogP contribution in [0.4, 0.5) is 18.9 Å². The molecule has 4 nitrogen and oxygen atoms in total. The lowest BCUT2D eigenvalue weighted by Gasteiger charge is -2.25. The number of pyridine rings is 1. The average molecular weight is 427 g/mol. The number of sulfonamides is 1. The minimum Gasteiger partial charge on any atom is -0.264 e. The molecule has 146 valence electrons. The number of aromatic nitrogens is 1. The van der Waals surface area contributed by atoms with Gasteiger partial charge in [-0.05, 0) is 60.2 Å². The van der Waals surface area contributed by atoms with Gasteiger partial charge in [-0.15, -0.1) is 0 Å². The van der Waals surface area contributed by atoms with Crippen molar-refractivity contribution in [1.29, 1.82) is 0 Å². The molecule has 0 aliphatic rings. The Kier molecular flexibility index (Phi) is 5.62. The molecule has 0 unspecified atom stereocenters. The Balaban J connectivity index is 2.04. The number of rotatable bonds is 5. The number of halogens is 4. The number of alkyl halides is 3. The summed E-state index contributed by atoms with van der Waals surface area (Å²) in [4.78, 5) is 3.72. The van der Waals surface area contributed by atoms with E-state index in [1.165, 1.54) is 30.5 Å². The Hall–Kier alpha value is -2.58. The van der Waals surface area contributed by atoms with Crippen LogP contribution < -0.4 is 4.31 Å². The van der Waals surface area contributed by atoms with E-state index >= 15 is 0 Å². The third kappa shape index (κ3) is 4.45. The first-order valence-corrected chi connectivity index (χ1v) is 9.84. The van der Waals surface area contributed by atoms with Gasteiger partial charge in [0.1, 0.15) is 0 Å². The molecule has 1 aromatic heterocycles. The lowest BCUT2D eigenvalue weighted by Crippen LogP contribution is -2.30. The smallest absolute Gasteiger partial charge is 0.264 e. The molecule has 3 aromatic rings. The van der Waals surface area contributed by atoms with Crippen LogP contribution in [0, 0.1) is 0 Å². The van der Waals surface area contributed by atoms with E-state index in [0.29, 0.717) is 16.3 Å². The molecule has 0 fully saturated rings. The van der Waals surface area contributed by atoms with Crippen molar-refractivity contribution in [2.24, 2.45) is 0 Å². The lowest BCUT2D eigenvalue weighted by atomic mass is 10.2. The third-order valence-corrected chi connectivity index (χ3v) is 5.97. The van der Waals surface area contributed by atoms with E-state index in [0.717, 1.165) is 28.6 Å². The van der Waals surface area contributed by atoms with Crippen molar-refractivity contribution < 1.29 is 21.6 Å². The van der Waals surface area contributed by atoms with Crippen molar-refractivity contribution in [3.8, 4) is 0 Å². The van der Waals surface area contributed by atoms with Crippen LogP contribution in [0.2, 0.25) is 5.02 Å². The summed E-state index contributed by atoms with van der Waals surface area (Å²) in [5.41, 5.74) is 0.0258. The summed E-state index contributed by atoms with van der Waals surface area (Å²) in [6.45, 7) is -0.0428. The molecule has 0 aliphatic heterocycles. The third-order valence-electron chi connectivity index (χ3n) is 3.93. The lowest BCUT2D eigenvalue weighted by molar-refractivity contribution is -0.137. The maximum Gasteiger partial charge on any atom is 0.416 e. The molecule has 0 aliphatic carbocycles. The molecular formula is C19H14ClF3N2O2S. The fourth-order valence-electron chi connectivity index (χ4n) is 2.52. The normalized spacial score (nSPS) is 12.0. The van der Waals surface area contributed by atoms with Gasteiger partial charge < -0.3 is 0 Å². The zero-order valence-electron chi connectivity index (χ0n) is 14.3. The van der Waals surface area contributed by atoms with Crippen LogP contribution in [0.5, 0.6) is 0 Å². The van der Waals surface area contributed by atoms with Crippen LogP contribution in [0.3, 0.4) is 0 Å². The highest BCUT2D eigenvalue weighted by Gasteiger charge is 2.32. The second kappa shape index (κ2) is 7.81. The van der Waals surface area contributed by atoms with Gasteiger partial charge in [-0.3, -0.25) is 9.29 Å². The summed E-state index contributed by atoms with van der Waals surface area (Å²) in [6, 6.07) is 12.9. The summed E-state index contributed by atoms with van der Waals surface area (Å²) in [5, 5.41) is 0.428. The van der Waals surface area contributed by atoms with Crippen LogP contribution >= 0.6 is 11.6 Å². The van der Waals surface area contributed by atoms with E-state index in [-0.39, 0.29) is 11.4 Å². The van der Waals surface area contributed by atoms with Gasteiger partial charge in [-0.2, -0.15) is 13.2 Å². The zero-order valence-corrected chi connectivity index (χ0v) is 15.8. The molecular weight excluding hydrogens is 413 g/mol. The molecule has 0 amide bonds. The fourth-order valence-corrected chi connectivity index (χ4v) is 4.10. The fraction of sp³-hybridized carbons (Fsp3) is 0.105. The maximum atomic E-state index is 13.2. The molecule has 1 heterocycles. The van der Waals surface area contributed by atoms with Crippen LogP contribution in [-0.2, 0) is 22.7 Å². The van der Waals surface area contributed by atoms with Crippen LogP contribution in [0.1, 0.15) is 11.1 Å². The van der Waals surface area contributed by atoms with Crippen molar-refractivity contribution in [2.45, 2.75) is 17.6 Å². The van der Waals surface area contributed by atoms with Gasteiger partial charge in [0.2, 0.25) is 0 Å². The van der Waals surface area contributed by atoms with Crippen LogP contribution in [0.25, 0.3) is 0 Å². The predicted octanol–water partition coefficient (Wildman–Crippen LogP) is 5.15. The number of hydrogen-bond acceptors (Lipinski definition) is 3. The highest BCUT2D eigenvalue weighted by molar-refractivity contribution is 7.92. The number of hydrogen-bond donors (Lipinski definition) is 0. The molecule has 0 bridgehead atoms. The SMILES string of the molecule is O=S(=O)(c1ccc(C(F)(F)F)cc1)N(Cc1cccnc1)c1ccc(Cl)cc1. The largest absolute Gasteiger partial charge is 0.416 e. The van der Waals surface area contributed by atoms with Gasteiger partial charge >= 0.3 is 6.18 Å². The number of nitrogens with zero attached hydrogens (tertiary/aromatic N) is 2. The molecule has 0 atom stereocenters. The topological polar surface area (TPSA) is 50.3 Å². The number of benzene rings is 2. The molecule has 0 saturated carbocycles. The Morgan fingerprint density at radius 2 is 1.61 bits per heavy atom. The summed E-state index contributed by atoms with van der Waals surface area (Å²) >= 11 is 5.88. The number of anilines is 1. The summed E-state index contributed by atoms with van der Waals surface area (Å²) < 4.78 is 65.8. The van der Waals surface area contributed by atoms with E-state index in [1.807, 2.05) is 0 Å². The molecule has 28 heavy (non-hydrogen) atoms. The first kappa shape index (κ1) is 20.2. The average Bonchev–Trinajstić information content (AvgIpc) is 2.67. The molecule has 0 saturated heterocycles. The van der Waals surface area contributed by atoms with Crippen LogP contribution in [0.15, 0.2) is 78.0 Å². The molecule has 3 rings (SSSR count). The van der Waals surface area contributed by atoms with Crippen molar-refractivity contribution in [3.63, 3.8) is 0 Å². The van der Waals surface area contributed by atoms with E-state index < -0.39 is 21.8 Å². The van der Waals surface area contributed by atoms with E-state index in [9.17, 15) is 21.6 Å². The van der Waals surface area contributed by atoms with Gasteiger partial charge in [0.05, 0.1) is 22.7 Å². The Morgan fingerprint density at radius 3 is 2.14 bits per heavy atom. The van der Waals surface area contributed by atoms with Crippen molar-refractivity contribution in [1.82, 2.24) is 4.98 Å². The highest BCUT2D eigenvalue weighted by Crippen LogP contribution is 2.32. The molecule has 0 radical (unpaired) electrons. The maximum absolute atomic E-state index is 13.2. The minimum absolute atomic E-state index is 0.0428. The monoisotopic (exact) mass is 426 g/mol.